The molecule has 0 spiro atoms. The second kappa shape index (κ2) is 4.93. The van der Waals surface area contributed by atoms with Gasteiger partial charge in [-0.3, -0.25) is 0 Å². The smallest absolute Gasteiger partial charge is 0.339 e. The molecule has 1 aromatic carbocycles. The summed E-state index contributed by atoms with van der Waals surface area (Å²) in [6.07, 6.45) is 0. The van der Waals surface area contributed by atoms with Crippen LogP contribution >= 0.6 is 34.2 Å². The first-order valence-electron chi connectivity index (χ1n) is 3.88. The van der Waals surface area contributed by atoms with Crippen molar-refractivity contribution in [3.8, 4) is 0 Å². The summed E-state index contributed by atoms with van der Waals surface area (Å²) in [5.41, 5.74) is 0.194. The summed E-state index contributed by atoms with van der Waals surface area (Å²) in [4.78, 5) is 11.3. The average Bonchev–Trinajstić information content (AvgIpc) is 2.15. The predicted molar refractivity (Wildman–Crippen MR) is 60.1 cm³/mol. The lowest BCUT2D eigenvalue weighted by atomic mass is 10.2. The number of benzene rings is 1. The lowest BCUT2D eigenvalue weighted by Crippen LogP contribution is -2.06. The van der Waals surface area contributed by atoms with Gasteiger partial charge in [0.1, 0.15) is 5.82 Å². The maximum Gasteiger partial charge on any atom is 0.339 e. The molecule has 1 aromatic rings. The highest BCUT2D eigenvalue weighted by Gasteiger charge is 2.15. The van der Waals surface area contributed by atoms with Crippen LogP contribution in [0.4, 0.5) is 4.39 Å². The summed E-state index contributed by atoms with van der Waals surface area (Å²) in [6.45, 7) is 1.96. The summed E-state index contributed by atoms with van der Waals surface area (Å²) in [7, 11) is 0. The molecule has 5 heteroatoms. The summed E-state index contributed by atoms with van der Waals surface area (Å²) >= 11 is 7.52. The zero-order valence-electron chi connectivity index (χ0n) is 7.31. The minimum atomic E-state index is -0.532. The van der Waals surface area contributed by atoms with Gasteiger partial charge in [-0.25, -0.2) is 9.18 Å². The van der Waals surface area contributed by atoms with E-state index in [0.29, 0.717) is 0 Å². The summed E-state index contributed by atoms with van der Waals surface area (Å²) in [5, 5.41) is 0.101. The Kier molecular flexibility index (Phi) is 4.12. The molecule has 0 aromatic heterocycles. The molecule has 0 saturated heterocycles. The van der Waals surface area contributed by atoms with E-state index in [4.69, 9.17) is 16.3 Å². The Morgan fingerprint density at radius 2 is 2.29 bits per heavy atom. The molecule has 76 valence electrons. The first-order valence-corrected chi connectivity index (χ1v) is 5.34. The van der Waals surface area contributed by atoms with Crippen molar-refractivity contribution in [3.05, 3.63) is 32.1 Å². The molecule has 14 heavy (non-hydrogen) atoms. The van der Waals surface area contributed by atoms with Gasteiger partial charge in [0.05, 0.1) is 20.8 Å². The van der Waals surface area contributed by atoms with E-state index in [0.717, 1.165) is 0 Å². The third-order valence-electron chi connectivity index (χ3n) is 1.53. The van der Waals surface area contributed by atoms with Gasteiger partial charge in [-0.05, 0) is 41.6 Å². The highest BCUT2D eigenvalue weighted by molar-refractivity contribution is 14.1. The third-order valence-corrected chi connectivity index (χ3v) is 3.30. The SMILES string of the molecule is CCOC(=O)c1ccc(F)c(I)c1Cl. The molecular formula is C9H7ClFIO2. The monoisotopic (exact) mass is 328 g/mol. The third kappa shape index (κ3) is 2.36. The van der Waals surface area contributed by atoms with Gasteiger partial charge in [0.15, 0.2) is 0 Å². The number of carbonyl (C=O) groups excluding carboxylic acids is 1. The van der Waals surface area contributed by atoms with Gasteiger partial charge in [-0.15, -0.1) is 0 Å². The fourth-order valence-corrected chi connectivity index (χ4v) is 1.59. The second-order valence-electron chi connectivity index (χ2n) is 2.44. The molecule has 0 aliphatic rings. The first-order chi connectivity index (χ1) is 6.57. The molecule has 0 unspecified atom stereocenters. The number of rotatable bonds is 2. The molecule has 0 heterocycles. The van der Waals surface area contributed by atoms with Crippen molar-refractivity contribution < 1.29 is 13.9 Å². The summed E-state index contributed by atoms with van der Waals surface area (Å²) in [6, 6.07) is 2.51. The minimum absolute atomic E-state index is 0.101. The lowest BCUT2D eigenvalue weighted by molar-refractivity contribution is 0.0526. The Balaban J connectivity index is 3.11. The fraction of sp³-hybridized carbons (Fsp3) is 0.222. The molecule has 0 atom stereocenters. The van der Waals surface area contributed by atoms with Crippen LogP contribution in [0.15, 0.2) is 12.1 Å². The topological polar surface area (TPSA) is 26.3 Å². The van der Waals surface area contributed by atoms with Crippen LogP contribution in [0.3, 0.4) is 0 Å². The largest absolute Gasteiger partial charge is 0.462 e. The summed E-state index contributed by atoms with van der Waals surface area (Å²) < 4.78 is 18.0. The van der Waals surface area contributed by atoms with Crippen LogP contribution in [0.5, 0.6) is 0 Å². The van der Waals surface area contributed by atoms with E-state index < -0.39 is 11.8 Å². The number of hydrogen-bond acceptors (Lipinski definition) is 2. The van der Waals surface area contributed by atoms with Crippen molar-refractivity contribution >= 4 is 40.2 Å². The standard InChI is InChI=1S/C9H7ClFIO2/c1-2-14-9(13)5-3-4-6(11)8(12)7(5)10/h3-4H,2H2,1H3. The van der Waals surface area contributed by atoms with E-state index in [2.05, 4.69) is 0 Å². The van der Waals surface area contributed by atoms with Crippen LogP contribution in [0.25, 0.3) is 0 Å². The molecule has 1 rings (SSSR count). The van der Waals surface area contributed by atoms with Gasteiger partial charge in [-0.1, -0.05) is 11.6 Å². The number of esters is 1. The number of hydrogen-bond donors (Lipinski definition) is 0. The van der Waals surface area contributed by atoms with Crippen LogP contribution in [-0.2, 0) is 4.74 Å². The normalized spacial score (nSPS) is 10.0. The maximum atomic E-state index is 13.0. The number of ether oxygens (including phenoxy) is 1. The molecule has 0 bridgehead atoms. The van der Waals surface area contributed by atoms with Gasteiger partial charge < -0.3 is 4.74 Å². The first kappa shape index (κ1) is 11.7. The Labute approximate surface area is 99.5 Å². The van der Waals surface area contributed by atoms with Crippen LogP contribution < -0.4 is 0 Å². The van der Waals surface area contributed by atoms with Crippen molar-refractivity contribution in [2.45, 2.75) is 6.92 Å². The van der Waals surface area contributed by atoms with Crippen LogP contribution in [-0.4, -0.2) is 12.6 Å². The molecule has 0 amide bonds. The Morgan fingerprint density at radius 1 is 1.64 bits per heavy atom. The van der Waals surface area contributed by atoms with Crippen LogP contribution in [0.2, 0.25) is 5.02 Å². The molecule has 0 aliphatic carbocycles. The quantitative estimate of drug-likeness (QED) is 0.473. The maximum absolute atomic E-state index is 13.0. The van der Waals surface area contributed by atoms with E-state index in [1.165, 1.54) is 12.1 Å². The number of carbonyl (C=O) groups is 1. The van der Waals surface area contributed by atoms with Gasteiger partial charge >= 0.3 is 5.97 Å². The van der Waals surface area contributed by atoms with E-state index >= 15 is 0 Å². The van der Waals surface area contributed by atoms with Crippen molar-refractivity contribution in [3.63, 3.8) is 0 Å². The zero-order valence-corrected chi connectivity index (χ0v) is 10.2. The molecule has 2 nitrogen and oxygen atoms in total. The zero-order chi connectivity index (χ0) is 10.7. The van der Waals surface area contributed by atoms with Crippen LogP contribution in [0, 0.1) is 9.39 Å². The van der Waals surface area contributed by atoms with E-state index in [9.17, 15) is 9.18 Å². The lowest BCUT2D eigenvalue weighted by Gasteiger charge is -2.05. The van der Waals surface area contributed by atoms with E-state index in [-0.39, 0.29) is 20.8 Å². The van der Waals surface area contributed by atoms with Crippen molar-refractivity contribution in [1.82, 2.24) is 0 Å². The highest BCUT2D eigenvalue weighted by Crippen LogP contribution is 2.25. The molecular weight excluding hydrogens is 321 g/mol. The fourth-order valence-electron chi connectivity index (χ4n) is 0.892. The average molecular weight is 329 g/mol. The predicted octanol–water partition coefficient (Wildman–Crippen LogP) is 3.26. The van der Waals surface area contributed by atoms with Gasteiger partial charge in [0.25, 0.3) is 0 Å². The second-order valence-corrected chi connectivity index (χ2v) is 3.90. The minimum Gasteiger partial charge on any atom is -0.462 e. The van der Waals surface area contributed by atoms with Crippen molar-refractivity contribution in [2.75, 3.05) is 6.61 Å². The summed E-state index contributed by atoms with van der Waals surface area (Å²) in [5.74, 6) is -0.973. The molecule has 0 aliphatic heterocycles. The van der Waals surface area contributed by atoms with Gasteiger partial charge in [0, 0.05) is 0 Å². The van der Waals surface area contributed by atoms with Crippen molar-refractivity contribution in [2.24, 2.45) is 0 Å². The Morgan fingerprint density at radius 3 is 2.86 bits per heavy atom. The van der Waals surface area contributed by atoms with Crippen molar-refractivity contribution in [1.29, 1.82) is 0 Å². The van der Waals surface area contributed by atoms with E-state index in [1.807, 2.05) is 0 Å². The molecule has 0 N–H and O–H groups in total. The van der Waals surface area contributed by atoms with E-state index in [1.54, 1.807) is 29.5 Å². The highest BCUT2D eigenvalue weighted by atomic mass is 127. The molecule has 0 fully saturated rings. The number of halogens is 3. The molecule has 0 radical (unpaired) electrons. The van der Waals surface area contributed by atoms with Gasteiger partial charge in [-0.2, -0.15) is 0 Å². The van der Waals surface area contributed by atoms with Gasteiger partial charge in [0.2, 0.25) is 0 Å². The Bertz CT molecular complexity index is 368. The Hall–Kier alpha value is -0.360. The van der Waals surface area contributed by atoms with Crippen LogP contribution in [0.1, 0.15) is 17.3 Å². The molecule has 0 saturated carbocycles.